The summed E-state index contributed by atoms with van der Waals surface area (Å²) in [5.41, 5.74) is 1.69. The van der Waals surface area contributed by atoms with Crippen molar-refractivity contribution in [2.24, 2.45) is 0 Å². The van der Waals surface area contributed by atoms with Gasteiger partial charge in [0.25, 0.3) is 0 Å². The highest BCUT2D eigenvalue weighted by Crippen LogP contribution is 2.43. The van der Waals surface area contributed by atoms with Crippen LogP contribution in [-0.4, -0.2) is 27.7 Å². The molecule has 0 saturated carbocycles. The predicted octanol–water partition coefficient (Wildman–Crippen LogP) is 4.28. The topological polar surface area (TPSA) is 72.8 Å². The van der Waals surface area contributed by atoms with Crippen LogP contribution < -0.4 is 9.47 Å². The maximum absolute atomic E-state index is 13.6. The van der Waals surface area contributed by atoms with Gasteiger partial charge in [-0.2, -0.15) is 0 Å². The average molecular weight is 398 g/mol. The molecule has 3 aromatic carbocycles. The van der Waals surface area contributed by atoms with Crippen LogP contribution >= 0.6 is 0 Å². The number of aryl methyl sites for hydroxylation is 1. The molecule has 0 aliphatic heterocycles. The molecule has 0 aliphatic carbocycles. The molecule has 6 heteroatoms. The molecular weight excluding hydrogens is 376 g/mol. The van der Waals surface area contributed by atoms with Gasteiger partial charge in [0.2, 0.25) is 0 Å². The van der Waals surface area contributed by atoms with Gasteiger partial charge in [0, 0.05) is 5.56 Å². The van der Waals surface area contributed by atoms with Crippen molar-refractivity contribution in [3.63, 3.8) is 0 Å². The Morgan fingerprint density at radius 3 is 2.21 bits per heavy atom. The molecule has 0 amide bonds. The second-order valence-corrected chi connectivity index (χ2v) is 8.45. The van der Waals surface area contributed by atoms with Crippen LogP contribution in [0.1, 0.15) is 21.9 Å². The SMILES string of the molecule is COc1cccc(C(c2cccc(OC)c2O)S(=O)(=O)c2ccc(C)cc2)c1. The van der Waals surface area contributed by atoms with Crippen LogP contribution in [0, 0.1) is 6.92 Å². The van der Waals surface area contributed by atoms with Gasteiger partial charge in [0.05, 0.1) is 19.1 Å². The van der Waals surface area contributed by atoms with Crippen molar-refractivity contribution in [2.45, 2.75) is 17.1 Å². The molecule has 1 atom stereocenters. The number of hydrogen-bond donors (Lipinski definition) is 1. The Balaban J connectivity index is 2.27. The van der Waals surface area contributed by atoms with E-state index in [1.54, 1.807) is 66.7 Å². The molecule has 146 valence electrons. The minimum Gasteiger partial charge on any atom is -0.504 e. The number of rotatable bonds is 6. The van der Waals surface area contributed by atoms with Gasteiger partial charge in [-0.25, -0.2) is 8.42 Å². The van der Waals surface area contributed by atoms with Gasteiger partial charge in [0.15, 0.2) is 21.3 Å². The van der Waals surface area contributed by atoms with Crippen LogP contribution in [-0.2, 0) is 9.84 Å². The lowest BCUT2D eigenvalue weighted by atomic mass is 10.0. The summed E-state index contributed by atoms with van der Waals surface area (Å²) in [6.45, 7) is 1.89. The maximum Gasteiger partial charge on any atom is 0.189 e. The lowest BCUT2D eigenvalue weighted by Gasteiger charge is -2.21. The molecule has 5 nitrogen and oxygen atoms in total. The molecule has 1 unspecified atom stereocenters. The molecule has 0 bridgehead atoms. The second-order valence-electron chi connectivity index (χ2n) is 6.41. The Hall–Kier alpha value is -2.99. The fraction of sp³-hybridized carbons (Fsp3) is 0.182. The molecule has 0 radical (unpaired) electrons. The summed E-state index contributed by atoms with van der Waals surface area (Å²) in [4.78, 5) is 0.174. The minimum atomic E-state index is -3.87. The Bertz CT molecular complexity index is 1070. The summed E-state index contributed by atoms with van der Waals surface area (Å²) in [5, 5.41) is 9.56. The summed E-state index contributed by atoms with van der Waals surface area (Å²) in [5.74, 6) is 0.544. The first-order valence-corrected chi connectivity index (χ1v) is 10.2. The van der Waals surface area contributed by atoms with E-state index in [0.29, 0.717) is 11.3 Å². The van der Waals surface area contributed by atoms with Gasteiger partial charge < -0.3 is 14.6 Å². The molecule has 0 heterocycles. The highest BCUT2D eigenvalue weighted by atomic mass is 32.2. The number of para-hydroxylation sites is 1. The predicted molar refractivity (Wildman–Crippen MR) is 108 cm³/mol. The normalized spacial score (nSPS) is 12.4. The molecule has 3 aromatic rings. The molecule has 0 spiro atoms. The van der Waals surface area contributed by atoms with Crippen molar-refractivity contribution in [3.05, 3.63) is 83.4 Å². The Labute approximate surface area is 165 Å². The van der Waals surface area contributed by atoms with Crippen LogP contribution in [0.4, 0.5) is 0 Å². The van der Waals surface area contributed by atoms with Gasteiger partial charge in [-0.3, -0.25) is 0 Å². The number of phenols is 1. The number of benzene rings is 3. The first kappa shape index (κ1) is 19.8. The number of phenolic OH excluding ortho intramolecular Hbond substituents is 1. The summed E-state index contributed by atoms with van der Waals surface area (Å²) in [6.07, 6.45) is 0. The highest BCUT2D eigenvalue weighted by Gasteiger charge is 2.34. The van der Waals surface area contributed by atoms with Crippen molar-refractivity contribution in [1.82, 2.24) is 0 Å². The van der Waals surface area contributed by atoms with E-state index in [1.807, 2.05) is 6.92 Å². The monoisotopic (exact) mass is 398 g/mol. The summed E-state index contributed by atoms with van der Waals surface area (Å²) in [6, 6.07) is 18.3. The van der Waals surface area contributed by atoms with E-state index in [1.165, 1.54) is 14.2 Å². The van der Waals surface area contributed by atoms with Crippen molar-refractivity contribution >= 4 is 9.84 Å². The number of methoxy groups -OCH3 is 2. The fourth-order valence-corrected chi connectivity index (χ4v) is 4.93. The van der Waals surface area contributed by atoms with Gasteiger partial charge in [-0.1, -0.05) is 42.0 Å². The molecule has 1 N–H and O–H groups in total. The van der Waals surface area contributed by atoms with Gasteiger partial charge in [-0.15, -0.1) is 0 Å². The molecule has 0 aliphatic rings. The molecule has 3 rings (SSSR count). The Kier molecular flexibility index (Phi) is 5.61. The van der Waals surface area contributed by atoms with Crippen molar-refractivity contribution in [1.29, 1.82) is 0 Å². The molecular formula is C22H22O5S. The van der Waals surface area contributed by atoms with E-state index < -0.39 is 15.1 Å². The van der Waals surface area contributed by atoms with Crippen LogP contribution in [0.25, 0.3) is 0 Å². The number of aromatic hydroxyl groups is 1. The van der Waals surface area contributed by atoms with Crippen molar-refractivity contribution in [3.8, 4) is 17.2 Å². The molecule has 28 heavy (non-hydrogen) atoms. The smallest absolute Gasteiger partial charge is 0.189 e. The van der Waals surface area contributed by atoms with Crippen molar-refractivity contribution < 1.29 is 23.0 Å². The third-order valence-corrected chi connectivity index (χ3v) is 6.66. The van der Waals surface area contributed by atoms with E-state index in [2.05, 4.69) is 0 Å². The molecule has 0 fully saturated rings. The fourth-order valence-electron chi connectivity index (χ4n) is 3.11. The average Bonchev–Trinajstić information content (AvgIpc) is 2.70. The lowest BCUT2D eigenvalue weighted by molar-refractivity contribution is 0.370. The van der Waals surface area contributed by atoms with E-state index in [0.717, 1.165) is 5.56 Å². The Morgan fingerprint density at radius 1 is 0.893 bits per heavy atom. The number of ether oxygens (including phenoxy) is 2. The largest absolute Gasteiger partial charge is 0.504 e. The van der Waals surface area contributed by atoms with E-state index >= 15 is 0 Å². The molecule has 0 aromatic heterocycles. The van der Waals surface area contributed by atoms with Crippen LogP contribution in [0.3, 0.4) is 0 Å². The third kappa shape index (κ3) is 3.68. The number of sulfone groups is 1. The zero-order valence-corrected chi connectivity index (χ0v) is 16.7. The zero-order valence-electron chi connectivity index (χ0n) is 15.9. The zero-order chi connectivity index (χ0) is 20.3. The highest BCUT2D eigenvalue weighted by molar-refractivity contribution is 7.92. The minimum absolute atomic E-state index is 0.174. The second kappa shape index (κ2) is 7.94. The van der Waals surface area contributed by atoms with E-state index in [-0.39, 0.29) is 22.0 Å². The third-order valence-electron chi connectivity index (χ3n) is 4.59. The van der Waals surface area contributed by atoms with Gasteiger partial charge >= 0.3 is 0 Å². The Morgan fingerprint density at radius 2 is 1.57 bits per heavy atom. The van der Waals surface area contributed by atoms with Gasteiger partial charge in [0.1, 0.15) is 11.0 Å². The summed E-state index contributed by atoms with van der Waals surface area (Å²) in [7, 11) is -0.924. The first-order chi connectivity index (χ1) is 13.4. The quantitative estimate of drug-likeness (QED) is 0.671. The lowest BCUT2D eigenvalue weighted by Crippen LogP contribution is -2.16. The number of hydrogen-bond acceptors (Lipinski definition) is 5. The van der Waals surface area contributed by atoms with E-state index in [9.17, 15) is 13.5 Å². The summed E-state index contributed by atoms with van der Waals surface area (Å²) < 4.78 is 37.7. The van der Waals surface area contributed by atoms with Crippen LogP contribution in [0.2, 0.25) is 0 Å². The summed E-state index contributed by atoms with van der Waals surface area (Å²) >= 11 is 0. The van der Waals surface area contributed by atoms with E-state index in [4.69, 9.17) is 9.47 Å². The molecule has 0 saturated heterocycles. The van der Waals surface area contributed by atoms with Gasteiger partial charge in [-0.05, 0) is 42.8 Å². The first-order valence-electron chi connectivity index (χ1n) is 8.69. The maximum atomic E-state index is 13.6. The van der Waals surface area contributed by atoms with Crippen molar-refractivity contribution in [2.75, 3.05) is 14.2 Å². The van der Waals surface area contributed by atoms with Crippen LogP contribution in [0.15, 0.2) is 71.6 Å². The standard InChI is InChI=1S/C22H22O5S/c1-15-10-12-18(13-11-15)28(24,25)22(16-6-4-7-17(14-16)26-2)19-8-5-9-20(27-3)21(19)23/h4-14,22-23H,1-3H3. The van der Waals surface area contributed by atoms with Crippen LogP contribution in [0.5, 0.6) is 17.2 Å².